The minimum absolute atomic E-state index is 0.229. The summed E-state index contributed by atoms with van der Waals surface area (Å²) in [7, 11) is 2.01. The van der Waals surface area contributed by atoms with Crippen LogP contribution in [0, 0.1) is 5.92 Å². The molecule has 22 heavy (non-hydrogen) atoms. The fraction of sp³-hybridized carbons (Fsp3) is 0.312. The molecule has 0 bridgehead atoms. The summed E-state index contributed by atoms with van der Waals surface area (Å²) in [5.74, 6) is -1.21. The first-order valence-electron chi connectivity index (χ1n) is 7.10. The summed E-state index contributed by atoms with van der Waals surface area (Å²) in [4.78, 5) is 17.0. The number of halogens is 2. The number of carboxylic acid groups (broad SMARTS) is 1. The first-order chi connectivity index (χ1) is 10.5. The van der Waals surface area contributed by atoms with E-state index >= 15 is 0 Å². The molecule has 1 aromatic heterocycles. The number of aromatic amines is 1. The van der Waals surface area contributed by atoms with Crippen molar-refractivity contribution in [1.29, 1.82) is 0 Å². The topological polar surface area (TPSA) is 56.3 Å². The second-order valence-corrected chi connectivity index (χ2v) is 7.73. The molecule has 2 aliphatic rings. The molecule has 2 N–H and O–H groups in total. The molecule has 114 valence electrons. The zero-order chi connectivity index (χ0) is 15.6. The number of H-pyrrole nitrogens is 1. The van der Waals surface area contributed by atoms with E-state index in [1.807, 2.05) is 13.1 Å². The van der Waals surface area contributed by atoms with E-state index in [-0.39, 0.29) is 6.04 Å². The Morgan fingerprint density at radius 1 is 1.41 bits per heavy atom. The van der Waals surface area contributed by atoms with Crippen molar-refractivity contribution in [2.45, 2.75) is 12.5 Å². The minimum Gasteiger partial charge on any atom is -0.481 e. The SMILES string of the molecule is CN1C[C@H](C(=O)O)C=C2c3cc(Br)cc4[nH]c(Br)c(c34)C[C@H]21. The van der Waals surface area contributed by atoms with Gasteiger partial charge in [0.1, 0.15) is 0 Å². The number of aliphatic carboxylic acids is 1. The number of rotatable bonds is 1. The number of carboxylic acids is 1. The molecular formula is C16H14Br2N2O2. The molecule has 6 heteroatoms. The third-order valence-corrected chi connectivity index (χ3v) is 5.83. The predicted molar refractivity (Wildman–Crippen MR) is 92.9 cm³/mol. The third-order valence-electron chi connectivity index (χ3n) is 4.70. The number of hydrogen-bond donors (Lipinski definition) is 2. The van der Waals surface area contributed by atoms with E-state index in [9.17, 15) is 9.90 Å². The van der Waals surface area contributed by atoms with E-state index in [1.54, 1.807) is 0 Å². The number of aromatic nitrogens is 1. The van der Waals surface area contributed by atoms with E-state index in [1.165, 1.54) is 10.9 Å². The Balaban J connectivity index is 2.01. The predicted octanol–water partition coefficient (Wildman–Crippen LogP) is 3.65. The van der Waals surface area contributed by atoms with Crippen LogP contribution >= 0.6 is 31.9 Å². The van der Waals surface area contributed by atoms with Crippen LogP contribution < -0.4 is 0 Å². The van der Waals surface area contributed by atoms with Gasteiger partial charge in [0.15, 0.2) is 0 Å². The van der Waals surface area contributed by atoms with Crippen molar-refractivity contribution >= 4 is 54.3 Å². The minimum atomic E-state index is -0.759. The Morgan fingerprint density at radius 3 is 2.91 bits per heavy atom. The van der Waals surface area contributed by atoms with Crippen molar-refractivity contribution < 1.29 is 9.90 Å². The number of carbonyl (C=O) groups is 1. The fourth-order valence-electron chi connectivity index (χ4n) is 3.69. The average molecular weight is 426 g/mol. The Bertz CT molecular complexity index is 840. The van der Waals surface area contributed by atoms with E-state index in [0.29, 0.717) is 6.54 Å². The van der Waals surface area contributed by atoms with Crippen molar-refractivity contribution in [2.75, 3.05) is 13.6 Å². The monoisotopic (exact) mass is 424 g/mol. The largest absolute Gasteiger partial charge is 0.481 e. The molecule has 4 rings (SSSR count). The van der Waals surface area contributed by atoms with Gasteiger partial charge in [-0.1, -0.05) is 22.0 Å². The maximum atomic E-state index is 11.4. The number of fused-ring (bicyclic) bond motifs is 2. The van der Waals surface area contributed by atoms with Crippen molar-refractivity contribution in [2.24, 2.45) is 5.92 Å². The van der Waals surface area contributed by atoms with E-state index in [0.717, 1.165) is 32.1 Å². The molecule has 0 spiro atoms. The summed E-state index contributed by atoms with van der Waals surface area (Å²) in [6, 6.07) is 4.39. The van der Waals surface area contributed by atoms with Gasteiger partial charge in [-0.15, -0.1) is 0 Å². The van der Waals surface area contributed by atoms with Crippen LogP contribution in [0.1, 0.15) is 11.1 Å². The molecular weight excluding hydrogens is 412 g/mol. The van der Waals surface area contributed by atoms with E-state index in [2.05, 4.69) is 53.9 Å². The van der Waals surface area contributed by atoms with Gasteiger partial charge in [-0.2, -0.15) is 0 Å². The number of benzene rings is 1. The molecule has 0 saturated heterocycles. The van der Waals surface area contributed by atoms with Crippen molar-refractivity contribution in [3.05, 3.63) is 38.4 Å². The molecule has 2 heterocycles. The number of nitrogens with zero attached hydrogens (tertiary/aromatic N) is 1. The van der Waals surface area contributed by atoms with Crippen LogP contribution in [0.5, 0.6) is 0 Å². The van der Waals surface area contributed by atoms with Gasteiger partial charge in [0.25, 0.3) is 0 Å². The molecule has 1 aromatic carbocycles. The molecule has 2 atom stereocenters. The standard InChI is InChI=1S/C16H14Br2N2O2/c1-20-6-7(16(21)22)2-9-10-3-8(17)4-12-14(10)11(5-13(9)20)15(18)19-12/h2-4,7,13,19H,5-6H2,1H3,(H,21,22)/t7-,13-/m1/s1. The molecule has 4 nitrogen and oxygen atoms in total. The summed E-state index contributed by atoms with van der Waals surface area (Å²) >= 11 is 7.20. The Kier molecular flexibility index (Phi) is 3.25. The van der Waals surface area contributed by atoms with Crippen LogP contribution in [0.4, 0.5) is 0 Å². The summed E-state index contributed by atoms with van der Waals surface area (Å²) in [6.07, 6.45) is 2.84. The molecule has 1 aliphatic carbocycles. The maximum absolute atomic E-state index is 11.4. The molecule has 0 amide bonds. The zero-order valence-electron chi connectivity index (χ0n) is 11.9. The maximum Gasteiger partial charge on any atom is 0.311 e. The highest BCUT2D eigenvalue weighted by Gasteiger charge is 2.36. The van der Waals surface area contributed by atoms with E-state index < -0.39 is 11.9 Å². The fourth-order valence-corrected chi connectivity index (χ4v) is 4.72. The number of nitrogens with one attached hydrogen (secondary N) is 1. The smallest absolute Gasteiger partial charge is 0.311 e. The van der Waals surface area contributed by atoms with Crippen molar-refractivity contribution in [3.63, 3.8) is 0 Å². The summed E-state index contributed by atoms with van der Waals surface area (Å²) < 4.78 is 2.02. The van der Waals surface area contributed by atoms with Gasteiger partial charge in [0.2, 0.25) is 0 Å². The molecule has 1 aliphatic heterocycles. The van der Waals surface area contributed by atoms with Gasteiger partial charge >= 0.3 is 5.97 Å². The molecule has 0 fully saturated rings. The van der Waals surface area contributed by atoms with Crippen LogP contribution in [-0.4, -0.2) is 40.6 Å². The Hall–Kier alpha value is -1.11. The van der Waals surface area contributed by atoms with E-state index in [4.69, 9.17) is 0 Å². The van der Waals surface area contributed by atoms with Gasteiger partial charge < -0.3 is 10.1 Å². The number of likely N-dealkylation sites (N-methyl/N-ethyl adjacent to an activating group) is 1. The highest BCUT2D eigenvalue weighted by molar-refractivity contribution is 9.10. The van der Waals surface area contributed by atoms with Crippen LogP contribution in [0.25, 0.3) is 16.5 Å². The first-order valence-corrected chi connectivity index (χ1v) is 8.69. The van der Waals surface area contributed by atoms with Gasteiger partial charge in [0.05, 0.1) is 10.5 Å². The number of hydrogen-bond acceptors (Lipinski definition) is 2. The zero-order valence-corrected chi connectivity index (χ0v) is 15.0. The van der Waals surface area contributed by atoms with Gasteiger partial charge in [0, 0.05) is 28.0 Å². The van der Waals surface area contributed by atoms with Crippen LogP contribution in [0.2, 0.25) is 0 Å². The van der Waals surface area contributed by atoms with Crippen LogP contribution in [0.15, 0.2) is 27.3 Å². The molecule has 0 unspecified atom stereocenters. The normalized spacial score (nSPS) is 24.2. The highest BCUT2D eigenvalue weighted by atomic mass is 79.9. The Morgan fingerprint density at radius 2 is 2.18 bits per heavy atom. The van der Waals surface area contributed by atoms with Gasteiger partial charge in [-0.25, -0.2) is 0 Å². The summed E-state index contributed by atoms with van der Waals surface area (Å²) in [5.41, 5.74) is 4.62. The lowest BCUT2D eigenvalue weighted by atomic mass is 9.80. The molecule has 2 aromatic rings. The second-order valence-electron chi connectivity index (χ2n) is 6.02. The third kappa shape index (κ3) is 2.01. The molecule has 0 saturated carbocycles. The average Bonchev–Trinajstić information content (AvgIpc) is 2.76. The summed E-state index contributed by atoms with van der Waals surface area (Å²) in [5, 5.41) is 10.6. The summed E-state index contributed by atoms with van der Waals surface area (Å²) in [6.45, 7) is 0.554. The Labute approximate surface area is 144 Å². The van der Waals surface area contributed by atoms with Gasteiger partial charge in [-0.05, 0) is 58.2 Å². The van der Waals surface area contributed by atoms with Crippen molar-refractivity contribution in [3.8, 4) is 0 Å². The van der Waals surface area contributed by atoms with Crippen molar-refractivity contribution in [1.82, 2.24) is 9.88 Å². The second kappa shape index (κ2) is 4.94. The van der Waals surface area contributed by atoms with Crippen LogP contribution in [0.3, 0.4) is 0 Å². The lowest BCUT2D eigenvalue weighted by molar-refractivity contribution is -0.140. The first kappa shape index (κ1) is 14.5. The molecule has 0 radical (unpaired) electrons. The quantitative estimate of drug-likeness (QED) is 0.733. The van der Waals surface area contributed by atoms with Crippen LogP contribution in [-0.2, 0) is 11.2 Å². The lowest BCUT2D eigenvalue weighted by Gasteiger charge is -2.39. The lowest BCUT2D eigenvalue weighted by Crippen LogP contribution is -2.44. The van der Waals surface area contributed by atoms with Gasteiger partial charge in [-0.3, -0.25) is 9.69 Å². The highest BCUT2D eigenvalue weighted by Crippen LogP contribution is 2.44.